The summed E-state index contributed by atoms with van der Waals surface area (Å²) in [5.74, 6) is 0.713. The third-order valence-electron chi connectivity index (χ3n) is 3.48. The van der Waals surface area contributed by atoms with Crippen LogP contribution in [0.2, 0.25) is 0 Å². The number of hydrogen-bond acceptors (Lipinski definition) is 3. The van der Waals surface area contributed by atoms with Crippen LogP contribution >= 0.6 is 0 Å². The van der Waals surface area contributed by atoms with Crippen LogP contribution in [0.15, 0.2) is 73.1 Å². The van der Waals surface area contributed by atoms with E-state index in [0.29, 0.717) is 18.7 Å². The van der Waals surface area contributed by atoms with E-state index in [2.05, 4.69) is 10.4 Å². The molecule has 1 heterocycles. The highest BCUT2D eigenvalue weighted by atomic mass is 16.5. The highest BCUT2D eigenvalue weighted by Gasteiger charge is 2.08. The molecule has 0 atom stereocenters. The molecule has 0 saturated carbocycles. The molecule has 24 heavy (non-hydrogen) atoms. The molecule has 0 bridgehead atoms. The molecule has 1 aromatic heterocycles. The Kier molecular flexibility index (Phi) is 5.24. The summed E-state index contributed by atoms with van der Waals surface area (Å²) in [4.78, 5) is 12.1. The Hall–Kier alpha value is -3.08. The monoisotopic (exact) mass is 321 g/mol. The van der Waals surface area contributed by atoms with Crippen LogP contribution in [-0.4, -0.2) is 28.8 Å². The lowest BCUT2D eigenvalue weighted by Gasteiger charge is -2.06. The van der Waals surface area contributed by atoms with E-state index in [-0.39, 0.29) is 5.91 Å². The van der Waals surface area contributed by atoms with E-state index in [9.17, 15) is 4.79 Å². The SMILES string of the molecule is O=C(NCCCOc1ccccc1)c1cnn(-c2ccccc2)c1. The van der Waals surface area contributed by atoms with Gasteiger partial charge in [-0.1, -0.05) is 36.4 Å². The van der Waals surface area contributed by atoms with Crippen molar-refractivity contribution in [3.05, 3.63) is 78.6 Å². The molecule has 3 rings (SSSR count). The summed E-state index contributed by atoms with van der Waals surface area (Å²) in [5, 5.41) is 7.10. The molecule has 2 aromatic carbocycles. The summed E-state index contributed by atoms with van der Waals surface area (Å²) < 4.78 is 7.28. The Balaban J connectivity index is 1.43. The second kappa shape index (κ2) is 7.97. The second-order valence-electron chi connectivity index (χ2n) is 5.28. The number of benzene rings is 2. The molecule has 5 heteroatoms. The molecule has 0 aliphatic rings. The maximum absolute atomic E-state index is 12.1. The average Bonchev–Trinajstić information content (AvgIpc) is 3.13. The van der Waals surface area contributed by atoms with E-state index >= 15 is 0 Å². The van der Waals surface area contributed by atoms with Gasteiger partial charge in [0.15, 0.2) is 0 Å². The van der Waals surface area contributed by atoms with Gasteiger partial charge in [-0.05, 0) is 30.7 Å². The molecule has 0 aliphatic carbocycles. The lowest BCUT2D eigenvalue weighted by atomic mass is 10.3. The first-order valence-corrected chi connectivity index (χ1v) is 7.89. The molecule has 0 radical (unpaired) electrons. The van der Waals surface area contributed by atoms with Crippen molar-refractivity contribution in [3.8, 4) is 11.4 Å². The molecule has 0 unspecified atom stereocenters. The van der Waals surface area contributed by atoms with Gasteiger partial charge in [0.1, 0.15) is 5.75 Å². The van der Waals surface area contributed by atoms with Crippen molar-refractivity contribution in [1.29, 1.82) is 0 Å². The minimum Gasteiger partial charge on any atom is -0.494 e. The number of aromatic nitrogens is 2. The molecule has 0 fully saturated rings. The minimum absolute atomic E-state index is 0.128. The Labute approximate surface area is 140 Å². The van der Waals surface area contributed by atoms with Crippen LogP contribution in [-0.2, 0) is 0 Å². The number of nitrogens with zero attached hydrogens (tertiary/aromatic N) is 2. The molecule has 5 nitrogen and oxygen atoms in total. The molecular weight excluding hydrogens is 302 g/mol. The molecule has 1 N–H and O–H groups in total. The smallest absolute Gasteiger partial charge is 0.254 e. The van der Waals surface area contributed by atoms with Gasteiger partial charge in [0.25, 0.3) is 5.91 Å². The van der Waals surface area contributed by atoms with Crippen molar-refractivity contribution in [2.45, 2.75) is 6.42 Å². The van der Waals surface area contributed by atoms with Gasteiger partial charge in [-0.3, -0.25) is 4.79 Å². The van der Waals surface area contributed by atoms with Crippen LogP contribution in [0.1, 0.15) is 16.8 Å². The van der Waals surface area contributed by atoms with E-state index in [4.69, 9.17) is 4.74 Å². The third kappa shape index (κ3) is 4.23. The summed E-state index contributed by atoms with van der Waals surface area (Å²) in [6, 6.07) is 19.3. The standard InChI is InChI=1S/C19H19N3O2/c23-19(20-12-7-13-24-18-10-5-2-6-11-18)16-14-21-22(15-16)17-8-3-1-4-9-17/h1-6,8-11,14-15H,7,12-13H2,(H,20,23). The number of nitrogens with one attached hydrogen (secondary N) is 1. The van der Waals surface area contributed by atoms with Crippen LogP contribution in [0.3, 0.4) is 0 Å². The highest BCUT2D eigenvalue weighted by Crippen LogP contribution is 2.09. The van der Waals surface area contributed by atoms with E-state index in [1.807, 2.05) is 60.7 Å². The number of para-hydroxylation sites is 2. The molecule has 3 aromatic rings. The van der Waals surface area contributed by atoms with Crippen LogP contribution in [0.4, 0.5) is 0 Å². The molecular formula is C19H19N3O2. The third-order valence-corrected chi connectivity index (χ3v) is 3.48. The van der Waals surface area contributed by atoms with Gasteiger partial charge in [-0.25, -0.2) is 4.68 Å². The maximum Gasteiger partial charge on any atom is 0.254 e. The van der Waals surface area contributed by atoms with Gasteiger partial charge in [0.05, 0.1) is 24.1 Å². The van der Waals surface area contributed by atoms with Crippen LogP contribution in [0, 0.1) is 0 Å². The first kappa shape index (κ1) is 15.8. The zero-order chi connectivity index (χ0) is 16.6. The van der Waals surface area contributed by atoms with E-state index in [0.717, 1.165) is 17.9 Å². The van der Waals surface area contributed by atoms with Crippen LogP contribution in [0.25, 0.3) is 5.69 Å². The topological polar surface area (TPSA) is 56.1 Å². The Morgan fingerprint density at radius 3 is 2.50 bits per heavy atom. The van der Waals surface area contributed by atoms with Gasteiger partial charge < -0.3 is 10.1 Å². The summed E-state index contributed by atoms with van der Waals surface area (Å²) in [5.41, 5.74) is 1.47. The maximum atomic E-state index is 12.1. The first-order valence-electron chi connectivity index (χ1n) is 7.89. The fourth-order valence-corrected chi connectivity index (χ4v) is 2.24. The summed E-state index contributed by atoms with van der Waals surface area (Å²) >= 11 is 0. The number of hydrogen-bond donors (Lipinski definition) is 1. The number of rotatable bonds is 7. The summed E-state index contributed by atoms with van der Waals surface area (Å²) in [6.07, 6.45) is 4.04. The summed E-state index contributed by atoms with van der Waals surface area (Å²) in [6.45, 7) is 1.12. The van der Waals surface area contributed by atoms with Crippen molar-refractivity contribution in [2.75, 3.05) is 13.2 Å². The lowest BCUT2D eigenvalue weighted by molar-refractivity contribution is 0.0951. The number of ether oxygens (including phenoxy) is 1. The van der Waals surface area contributed by atoms with Crippen LogP contribution in [0.5, 0.6) is 5.75 Å². The zero-order valence-corrected chi connectivity index (χ0v) is 13.3. The largest absolute Gasteiger partial charge is 0.494 e. The van der Waals surface area contributed by atoms with E-state index in [1.165, 1.54) is 0 Å². The molecule has 1 amide bonds. The van der Waals surface area contributed by atoms with Gasteiger partial charge in [0, 0.05) is 12.7 Å². The predicted octanol–water partition coefficient (Wildman–Crippen LogP) is 3.07. The Morgan fingerprint density at radius 1 is 1.04 bits per heavy atom. The zero-order valence-electron chi connectivity index (χ0n) is 13.3. The van der Waals surface area contributed by atoms with Crippen molar-refractivity contribution in [2.24, 2.45) is 0 Å². The number of carbonyl (C=O) groups excluding carboxylic acids is 1. The lowest BCUT2D eigenvalue weighted by Crippen LogP contribution is -2.25. The Bertz CT molecular complexity index is 770. The van der Waals surface area contributed by atoms with Crippen molar-refractivity contribution >= 4 is 5.91 Å². The molecule has 0 saturated heterocycles. The van der Waals surface area contributed by atoms with Gasteiger partial charge >= 0.3 is 0 Å². The molecule has 122 valence electrons. The number of carbonyl (C=O) groups is 1. The fourth-order valence-electron chi connectivity index (χ4n) is 2.24. The summed E-state index contributed by atoms with van der Waals surface area (Å²) in [7, 11) is 0. The van der Waals surface area contributed by atoms with Crippen molar-refractivity contribution in [3.63, 3.8) is 0 Å². The van der Waals surface area contributed by atoms with Crippen LogP contribution < -0.4 is 10.1 Å². The molecule has 0 aliphatic heterocycles. The highest BCUT2D eigenvalue weighted by molar-refractivity contribution is 5.93. The number of amides is 1. The van der Waals surface area contributed by atoms with E-state index < -0.39 is 0 Å². The van der Waals surface area contributed by atoms with Gasteiger partial charge in [-0.2, -0.15) is 5.10 Å². The quantitative estimate of drug-likeness (QED) is 0.680. The normalized spacial score (nSPS) is 10.3. The molecule has 0 spiro atoms. The van der Waals surface area contributed by atoms with Gasteiger partial charge in [0.2, 0.25) is 0 Å². The van der Waals surface area contributed by atoms with Crippen molar-refractivity contribution < 1.29 is 9.53 Å². The predicted molar refractivity (Wildman–Crippen MR) is 92.5 cm³/mol. The fraction of sp³-hybridized carbons (Fsp3) is 0.158. The van der Waals surface area contributed by atoms with E-state index in [1.54, 1.807) is 17.1 Å². The Morgan fingerprint density at radius 2 is 1.75 bits per heavy atom. The van der Waals surface area contributed by atoms with Crippen molar-refractivity contribution in [1.82, 2.24) is 15.1 Å². The second-order valence-corrected chi connectivity index (χ2v) is 5.28. The first-order chi connectivity index (χ1) is 11.8. The van der Waals surface area contributed by atoms with Gasteiger partial charge in [-0.15, -0.1) is 0 Å². The average molecular weight is 321 g/mol. The minimum atomic E-state index is -0.128.